The lowest BCUT2D eigenvalue weighted by Crippen LogP contribution is -1.89. The van der Waals surface area contributed by atoms with Crippen LogP contribution in [0.4, 0.5) is 0 Å². The molecule has 3 heteroatoms. The van der Waals surface area contributed by atoms with Gasteiger partial charge in [-0.1, -0.05) is 0 Å². The fourth-order valence-corrected chi connectivity index (χ4v) is 0.462. The van der Waals surface area contributed by atoms with E-state index in [0.717, 1.165) is 5.57 Å². The van der Waals surface area contributed by atoms with Crippen LogP contribution in [0, 0.1) is 0 Å². The molecule has 0 saturated heterocycles. The summed E-state index contributed by atoms with van der Waals surface area (Å²) < 4.78 is 9.25. The quantitative estimate of drug-likeness (QED) is 0.354. The van der Waals surface area contributed by atoms with E-state index in [0.29, 0.717) is 0 Å². The maximum atomic E-state index is 10.3. The van der Waals surface area contributed by atoms with E-state index < -0.39 is 0 Å². The van der Waals surface area contributed by atoms with Crippen LogP contribution in [0.3, 0.4) is 0 Å². The van der Waals surface area contributed by atoms with Crippen LogP contribution in [0.1, 0.15) is 13.8 Å². The lowest BCUT2D eigenvalue weighted by molar-refractivity contribution is -0.135. The molecule has 0 N–H and O–H groups in total. The Bertz CT molecular complexity index is 180. The molecule has 0 spiro atoms. The SMILES string of the molecule is CO/C=C(C)/C=C/OC(C)=O. The average Bonchev–Trinajstić information content (AvgIpc) is 1.87. The van der Waals surface area contributed by atoms with Gasteiger partial charge in [0.25, 0.3) is 0 Å². The predicted octanol–water partition coefficient (Wildman–Crippen LogP) is 1.61. The summed E-state index contributed by atoms with van der Waals surface area (Å²) in [6, 6.07) is 0. The van der Waals surface area contributed by atoms with Crippen molar-refractivity contribution >= 4 is 5.97 Å². The Morgan fingerprint density at radius 2 is 2.00 bits per heavy atom. The minimum absolute atomic E-state index is 0.327. The third kappa shape index (κ3) is 6.64. The van der Waals surface area contributed by atoms with E-state index in [1.54, 1.807) is 19.4 Å². The van der Waals surface area contributed by atoms with Crippen LogP contribution in [-0.4, -0.2) is 13.1 Å². The van der Waals surface area contributed by atoms with Crippen LogP contribution >= 0.6 is 0 Å². The Morgan fingerprint density at radius 1 is 1.36 bits per heavy atom. The first-order valence-electron chi connectivity index (χ1n) is 3.20. The van der Waals surface area contributed by atoms with Crippen molar-refractivity contribution in [2.75, 3.05) is 7.11 Å². The molecule has 0 unspecified atom stereocenters. The van der Waals surface area contributed by atoms with Crippen LogP contribution in [0.5, 0.6) is 0 Å². The first kappa shape index (κ1) is 9.75. The van der Waals surface area contributed by atoms with Crippen molar-refractivity contribution in [3.8, 4) is 0 Å². The summed E-state index contributed by atoms with van der Waals surface area (Å²) in [7, 11) is 1.56. The van der Waals surface area contributed by atoms with E-state index in [-0.39, 0.29) is 5.97 Å². The molecule has 0 aliphatic heterocycles. The summed E-state index contributed by atoms with van der Waals surface area (Å²) in [5.74, 6) is -0.327. The lowest BCUT2D eigenvalue weighted by Gasteiger charge is -1.92. The van der Waals surface area contributed by atoms with Gasteiger partial charge in [0.05, 0.1) is 19.6 Å². The monoisotopic (exact) mass is 156 g/mol. The zero-order chi connectivity index (χ0) is 8.69. The minimum Gasteiger partial charge on any atom is -0.504 e. The molecule has 0 radical (unpaired) electrons. The van der Waals surface area contributed by atoms with Gasteiger partial charge in [0, 0.05) is 6.92 Å². The smallest absolute Gasteiger partial charge is 0.307 e. The molecule has 0 rings (SSSR count). The number of carbonyl (C=O) groups excluding carboxylic acids is 1. The van der Waals surface area contributed by atoms with Crippen LogP contribution in [0.15, 0.2) is 24.2 Å². The largest absolute Gasteiger partial charge is 0.504 e. The maximum absolute atomic E-state index is 10.3. The second-order valence-electron chi connectivity index (χ2n) is 2.01. The number of carbonyl (C=O) groups is 1. The first-order valence-corrected chi connectivity index (χ1v) is 3.20. The van der Waals surface area contributed by atoms with Gasteiger partial charge in [-0.25, -0.2) is 0 Å². The van der Waals surface area contributed by atoms with Gasteiger partial charge in [-0.15, -0.1) is 0 Å². The van der Waals surface area contributed by atoms with E-state index in [1.165, 1.54) is 13.2 Å². The van der Waals surface area contributed by atoms with E-state index in [9.17, 15) is 4.79 Å². The molecule has 11 heavy (non-hydrogen) atoms. The molecule has 0 aliphatic rings. The van der Waals surface area contributed by atoms with Crippen molar-refractivity contribution in [1.29, 1.82) is 0 Å². The predicted molar refractivity (Wildman–Crippen MR) is 41.7 cm³/mol. The number of hydrogen-bond donors (Lipinski definition) is 0. The van der Waals surface area contributed by atoms with Crippen molar-refractivity contribution in [2.45, 2.75) is 13.8 Å². The molecule has 0 aliphatic carbocycles. The van der Waals surface area contributed by atoms with Gasteiger partial charge in [0.1, 0.15) is 0 Å². The highest BCUT2D eigenvalue weighted by molar-refractivity contribution is 5.66. The fraction of sp³-hybridized carbons (Fsp3) is 0.375. The number of methoxy groups -OCH3 is 1. The molecule has 0 heterocycles. The highest BCUT2D eigenvalue weighted by Gasteiger charge is 1.85. The molecule has 3 nitrogen and oxygen atoms in total. The molecular weight excluding hydrogens is 144 g/mol. The van der Waals surface area contributed by atoms with Gasteiger partial charge in [-0.2, -0.15) is 0 Å². The molecule has 62 valence electrons. The molecule has 0 aromatic carbocycles. The van der Waals surface area contributed by atoms with Gasteiger partial charge < -0.3 is 9.47 Å². The second kappa shape index (κ2) is 5.53. The van der Waals surface area contributed by atoms with E-state index in [1.807, 2.05) is 6.92 Å². The summed E-state index contributed by atoms with van der Waals surface area (Å²) in [6.07, 6.45) is 4.53. The normalized spacial score (nSPS) is 11.7. The number of ether oxygens (including phenoxy) is 2. The molecule has 0 aromatic rings. The van der Waals surface area contributed by atoms with Crippen LogP contribution in [0.2, 0.25) is 0 Å². The highest BCUT2D eigenvalue weighted by Crippen LogP contribution is 1.94. The van der Waals surface area contributed by atoms with E-state index in [4.69, 9.17) is 4.74 Å². The van der Waals surface area contributed by atoms with Gasteiger partial charge in [-0.3, -0.25) is 4.79 Å². The standard InChI is InChI=1S/C8H12O3/c1-7(6-10-3)4-5-11-8(2)9/h4-6H,1-3H3/b5-4+,7-6+. The number of hydrogen-bond acceptors (Lipinski definition) is 3. The number of rotatable bonds is 3. The lowest BCUT2D eigenvalue weighted by atomic mass is 10.3. The Balaban J connectivity index is 3.74. The topological polar surface area (TPSA) is 35.5 Å². The van der Waals surface area contributed by atoms with Crippen molar-refractivity contribution in [1.82, 2.24) is 0 Å². The molecule has 0 fully saturated rings. The molecule has 0 bridgehead atoms. The molecule has 0 aromatic heterocycles. The Labute approximate surface area is 66.3 Å². The van der Waals surface area contributed by atoms with Crippen LogP contribution < -0.4 is 0 Å². The summed E-state index contributed by atoms with van der Waals surface area (Å²) in [5.41, 5.74) is 0.883. The zero-order valence-corrected chi connectivity index (χ0v) is 6.96. The van der Waals surface area contributed by atoms with Crippen molar-refractivity contribution in [2.24, 2.45) is 0 Å². The van der Waals surface area contributed by atoms with Gasteiger partial charge in [0.15, 0.2) is 0 Å². The van der Waals surface area contributed by atoms with Crippen LogP contribution in [-0.2, 0) is 14.3 Å². The van der Waals surface area contributed by atoms with Gasteiger partial charge >= 0.3 is 5.97 Å². The van der Waals surface area contributed by atoms with E-state index in [2.05, 4.69) is 4.74 Å². The molecule has 0 atom stereocenters. The maximum Gasteiger partial charge on any atom is 0.307 e. The fourth-order valence-electron chi connectivity index (χ4n) is 0.462. The van der Waals surface area contributed by atoms with Crippen molar-refractivity contribution < 1.29 is 14.3 Å². The number of allylic oxidation sites excluding steroid dienone is 2. The number of esters is 1. The third-order valence-electron chi connectivity index (χ3n) is 0.869. The summed E-state index contributed by atoms with van der Waals surface area (Å²) in [6.45, 7) is 3.18. The van der Waals surface area contributed by atoms with Gasteiger partial charge in [0.2, 0.25) is 0 Å². The Hall–Kier alpha value is -1.25. The zero-order valence-electron chi connectivity index (χ0n) is 6.96. The Kier molecular flexibility index (Phi) is 4.90. The summed E-state index contributed by atoms with van der Waals surface area (Å²) >= 11 is 0. The summed E-state index contributed by atoms with van der Waals surface area (Å²) in [4.78, 5) is 10.3. The van der Waals surface area contributed by atoms with Crippen molar-refractivity contribution in [3.05, 3.63) is 24.2 Å². The summed E-state index contributed by atoms with van der Waals surface area (Å²) in [5, 5.41) is 0. The van der Waals surface area contributed by atoms with Crippen molar-refractivity contribution in [3.63, 3.8) is 0 Å². The third-order valence-corrected chi connectivity index (χ3v) is 0.869. The first-order chi connectivity index (χ1) is 5.16. The average molecular weight is 156 g/mol. The Morgan fingerprint density at radius 3 is 2.45 bits per heavy atom. The van der Waals surface area contributed by atoms with E-state index >= 15 is 0 Å². The molecule has 0 amide bonds. The van der Waals surface area contributed by atoms with Gasteiger partial charge in [-0.05, 0) is 18.6 Å². The second-order valence-corrected chi connectivity index (χ2v) is 2.01. The molecular formula is C8H12O3. The minimum atomic E-state index is -0.327. The molecule has 0 saturated carbocycles. The van der Waals surface area contributed by atoms with Crippen LogP contribution in [0.25, 0.3) is 0 Å². The highest BCUT2D eigenvalue weighted by atomic mass is 16.5.